The second kappa shape index (κ2) is 6.00. The summed E-state index contributed by atoms with van der Waals surface area (Å²) < 4.78 is 0. The summed E-state index contributed by atoms with van der Waals surface area (Å²) in [5.74, 6) is -1.51. The van der Waals surface area contributed by atoms with Crippen molar-refractivity contribution in [2.24, 2.45) is 0 Å². The molecule has 3 heterocycles. The van der Waals surface area contributed by atoms with Crippen molar-refractivity contribution >= 4 is 44.8 Å². The lowest BCUT2D eigenvalue weighted by atomic mass is 10.2. The Morgan fingerprint density at radius 1 is 1.00 bits per heavy atom. The summed E-state index contributed by atoms with van der Waals surface area (Å²) in [5, 5.41) is 13.3. The van der Waals surface area contributed by atoms with Gasteiger partial charge in [0.25, 0.3) is 5.91 Å². The van der Waals surface area contributed by atoms with Crippen molar-refractivity contribution in [2.45, 2.75) is 0 Å². The number of carbonyl (C=O) groups is 2. The average Bonchev–Trinajstić information content (AvgIpc) is 3.21. The molecule has 9 heteroatoms. The van der Waals surface area contributed by atoms with Crippen LogP contribution in [0.1, 0.15) is 20.8 Å². The number of hydrogen-bond donors (Lipinski definition) is 1. The molecule has 7 nitrogen and oxygen atoms in total. The van der Waals surface area contributed by atoms with Crippen molar-refractivity contribution in [3.63, 3.8) is 0 Å². The van der Waals surface area contributed by atoms with Gasteiger partial charge < -0.3 is 5.11 Å². The number of aromatic nitrogens is 3. The summed E-state index contributed by atoms with van der Waals surface area (Å²) >= 11 is 2.60. The van der Waals surface area contributed by atoms with E-state index in [4.69, 9.17) is 5.11 Å². The Morgan fingerprint density at radius 2 is 1.64 bits per heavy atom. The van der Waals surface area contributed by atoms with Crippen LogP contribution in [0.25, 0.3) is 0 Å². The summed E-state index contributed by atoms with van der Waals surface area (Å²) in [6.07, 6.45) is 4.33. The van der Waals surface area contributed by atoms with Crippen LogP contribution < -0.4 is 4.90 Å². The van der Waals surface area contributed by atoms with Gasteiger partial charge in [-0.1, -0.05) is 0 Å². The number of nitrogens with zero attached hydrogens (tertiary/aromatic N) is 4. The third-order valence-electron chi connectivity index (χ3n) is 2.65. The highest BCUT2D eigenvalue weighted by molar-refractivity contribution is 7.16. The van der Waals surface area contributed by atoms with E-state index in [1.54, 1.807) is 23.2 Å². The Balaban J connectivity index is 1.98. The van der Waals surface area contributed by atoms with Crippen molar-refractivity contribution in [1.82, 2.24) is 15.0 Å². The van der Waals surface area contributed by atoms with Crippen LogP contribution in [-0.2, 0) is 0 Å². The van der Waals surface area contributed by atoms with Gasteiger partial charge in [-0.05, 0) is 12.1 Å². The minimum atomic E-state index is -1.09. The highest BCUT2D eigenvalue weighted by atomic mass is 32.1. The number of anilines is 2. The van der Waals surface area contributed by atoms with E-state index < -0.39 is 11.9 Å². The van der Waals surface area contributed by atoms with Crippen molar-refractivity contribution in [3.05, 3.63) is 52.7 Å². The van der Waals surface area contributed by atoms with Crippen LogP contribution in [0.5, 0.6) is 0 Å². The zero-order valence-corrected chi connectivity index (χ0v) is 12.5. The van der Waals surface area contributed by atoms with Crippen molar-refractivity contribution in [1.29, 1.82) is 0 Å². The fourth-order valence-corrected chi connectivity index (χ4v) is 3.01. The Bertz CT molecular complexity index is 751. The lowest BCUT2D eigenvalue weighted by Gasteiger charge is -2.16. The largest absolute Gasteiger partial charge is 0.478 e. The van der Waals surface area contributed by atoms with E-state index in [2.05, 4.69) is 15.0 Å². The fraction of sp³-hybridized carbons (Fsp3) is 0. The van der Waals surface area contributed by atoms with Gasteiger partial charge in [-0.3, -0.25) is 9.78 Å². The number of aromatic carboxylic acids is 1. The highest BCUT2D eigenvalue weighted by Crippen LogP contribution is 2.30. The molecule has 0 unspecified atom stereocenters. The van der Waals surface area contributed by atoms with Gasteiger partial charge in [0.15, 0.2) is 10.3 Å². The Morgan fingerprint density at radius 3 is 2.05 bits per heavy atom. The van der Waals surface area contributed by atoms with Gasteiger partial charge in [-0.2, -0.15) is 0 Å². The zero-order chi connectivity index (χ0) is 15.5. The van der Waals surface area contributed by atoms with E-state index in [9.17, 15) is 9.59 Å². The second-order valence-electron chi connectivity index (χ2n) is 4.01. The molecular weight excluding hydrogens is 324 g/mol. The molecule has 110 valence electrons. The molecule has 22 heavy (non-hydrogen) atoms. The number of thiazole rings is 2. The number of rotatable bonds is 4. The maximum atomic E-state index is 12.7. The molecule has 0 saturated carbocycles. The van der Waals surface area contributed by atoms with Crippen LogP contribution in [0, 0.1) is 0 Å². The van der Waals surface area contributed by atoms with E-state index in [0.717, 1.165) is 6.20 Å². The summed E-state index contributed by atoms with van der Waals surface area (Å²) in [7, 11) is 0. The van der Waals surface area contributed by atoms with E-state index in [0.29, 0.717) is 10.3 Å². The van der Waals surface area contributed by atoms with Gasteiger partial charge in [0, 0.05) is 29.4 Å². The van der Waals surface area contributed by atoms with Crippen LogP contribution in [0.3, 0.4) is 0 Å². The minimum absolute atomic E-state index is 0.0200. The van der Waals surface area contributed by atoms with Crippen LogP contribution in [0.4, 0.5) is 10.3 Å². The molecule has 0 spiro atoms. The molecule has 0 aromatic carbocycles. The molecule has 0 radical (unpaired) electrons. The molecule has 3 aromatic rings. The first-order chi connectivity index (χ1) is 10.7. The third-order valence-corrected chi connectivity index (χ3v) is 4.17. The third kappa shape index (κ3) is 2.71. The molecular formula is C13H8N4O3S2. The van der Waals surface area contributed by atoms with Gasteiger partial charge in [0.1, 0.15) is 5.69 Å². The molecule has 0 saturated heterocycles. The number of carbonyl (C=O) groups excluding carboxylic acids is 1. The van der Waals surface area contributed by atoms with Crippen molar-refractivity contribution in [2.75, 3.05) is 4.90 Å². The van der Waals surface area contributed by atoms with E-state index in [1.807, 2.05) is 0 Å². The number of carboxylic acids is 1. The Labute approximate surface area is 132 Å². The van der Waals surface area contributed by atoms with Crippen LogP contribution in [0.2, 0.25) is 0 Å². The smallest absolute Gasteiger partial charge is 0.337 e. The number of hydrogen-bond acceptors (Lipinski definition) is 7. The summed E-state index contributed by atoms with van der Waals surface area (Å²) in [4.78, 5) is 37.1. The zero-order valence-electron chi connectivity index (χ0n) is 10.9. The van der Waals surface area contributed by atoms with Crippen molar-refractivity contribution < 1.29 is 14.7 Å². The van der Waals surface area contributed by atoms with Gasteiger partial charge in [-0.15, -0.1) is 22.7 Å². The van der Waals surface area contributed by atoms with Crippen LogP contribution in [0.15, 0.2) is 41.5 Å². The summed E-state index contributed by atoms with van der Waals surface area (Å²) in [6.45, 7) is 0. The first-order valence-corrected chi connectivity index (χ1v) is 7.75. The molecule has 1 amide bonds. The van der Waals surface area contributed by atoms with Crippen LogP contribution >= 0.6 is 22.7 Å². The monoisotopic (exact) mass is 332 g/mol. The van der Waals surface area contributed by atoms with E-state index in [-0.39, 0.29) is 11.3 Å². The first kappa shape index (κ1) is 14.3. The van der Waals surface area contributed by atoms with Crippen LogP contribution in [-0.4, -0.2) is 31.9 Å². The quantitative estimate of drug-likeness (QED) is 0.789. The molecule has 0 bridgehead atoms. The van der Waals surface area contributed by atoms with Gasteiger partial charge >= 0.3 is 5.97 Å². The topological polar surface area (TPSA) is 96.3 Å². The van der Waals surface area contributed by atoms with E-state index in [1.165, 1.54) is 39.7 Å². The van der Waals surface area contributed by atoms with Gasteiger partial charge in [-0.25, -0.2) is 19.7 Å². The molecule has 1 N–H and O–H groups in total. The first-order valence-electron chi connectivity index (χ1n) is 5.99. The predicted octanol–water partition coefficient (Wildman–Crippen LogP) is 2.67. The standard InChI is InChI=1S/C13H8N4O3S2/c18-10(9-2-1-8(7-16-9)11(19)20)17(12-14-3-5-21-12)13-15-4-6-22-13/h1-7H,(H,19,20). The molecule has 0 atom stereocenters. The number of carboxylic acid groups (broad SMARTS) is 1. The number of pyridine rings is 1. The Hall–Kier alpha value is -2.65. The Kier molecular flexibility index (Phi) is 3.90. The number of amides is 1. The van der Waals surface area contributed by atoms with Crippen molar-refractivity contribution in [3.8, 4) is 0 Å². The highest BCUT2D eigenvalue weighted by Gasteiger charge is 2.25. The lowest BCUT2D eigenvalue weighted by Crippen LogP contribution is -2.26. The predicted molar refractivity (Wildman–Crippen MR) is 81.9 cm³/mol. The molecule has 0 aliphatic carbocycles. The molecule has 3 aromatic heterocycles. The minimum Gasteiger partial charge on any atom is -0.478 e. The molecule has 3 rings (SSSR count). The fourth-order valence-electron chi connectivity index (χ4n) is 1.67. The normalized spacial score (nSPS) is 10.4. The molecule has 0 aliphatic rings. The maximum absolute atomic E-state index is 12.7. The van der Waals surface area contributed by atoms with Gasteiger partial charge in [0.05, 0.1) is 5.56 Å². The lowest BCUT2D eigenvalue weighted by molar-refractivity contribution is 0.0695. The average molecular weight is 332 g/mol. The molecule has 0 fully saturated rings. The second-order valence-corrected chi connectivity index (χ2v) is 5.75. The van der Waals surface area contributed by atoms with E-state index >= 15 is 0 Å². The van der Waals surface area contributed by atoms with Gasteiger partial charge in [0.2, 0.25) is 0 Å². The summed E-state index contributed by atoms with van der Waals surface area (Å²) in [5.41, 5.74) is 0.141. The molecule has 0 aliphatic heterocycles. The maximum Gasteiger partial charge on any atom is 0.337 e. The summed E-state index contributed by atoms with van der Waals surface area (Å²) in [6, 6.07) is 2.71. The SMILES string of the molecule is O=C(O)c1ccc(C(=O)N(c2nccs2)c2nccs2)nc1.